The molecule has 2 heterocycles. The van der Waals surface area contributed by atoms with Crippen molar-refractivity contribution >= 4 is 6.09 Å². The maximum absolute atomic E-state index is 12.7. The highest BCUT2D eigenvalue weighted by Crippen LogP contribution is 2.38. The third-order valence-electron chi connectivity index (χ3n) is 4.50. The lowest BCUT2D eigenvalue weighted by Gasteiger charge is -2.34. The van der Waals surface area contributed by atoms with Crippen molar-refractivity contribution in [1.29, 1.82) is 0 Å². The van der Waals surface area contributed by atoms with Gasteiger partial charge in [-0.1, -0.05) is 30.3 Å². The molecule has 0 aliphatic carbocycles. The number of nitrogens with zero attached hydrogens (tertiary/aromatic N) is 1. The van der Waals surface area contributed by atoms with E-state index in [2.05, 4.69) is 0 Å². The van der Waals surface area contributed by atoms with E-state index in [1.165, 1.54) is 0 Å². The fraction of sp³-hybridized carbons (Fsp3) is 0.650. The van der Waals surface area contributed by atoms with Gasteiger partial charge in [0.05, 0.1) is 25.9 Å². The van der Waals surface area contributed by atoms with Crippen molar-refractivity contribution in [2.75, 3.05) is 13.2 Å². The lowest BCUT2D eigenvalue weighted by Crippen LogP contribution is -2.51. The minimum atomic E-state index is -0.714. The Hall–Kier alpha value is -1.63. The molecule has 2 saturated heterocycles. The average Bonchev–Trinajstić information content (AvgIpc) is 3.22. The highest BCUT2D eigenvalue weighted by molar-refractivity contribution is 5.70. The Morgan fingerprint density at radius 3 is 2.62 bits per heavy atom. The third kappa shape index (κ3) is 4.55. The van der Waals surface area contributed by atoms with Gasteiger partial charge in [-0.05, 0) is 40.2 Å². The number of hydrogen-bond donors (Lipinski definition) is 0. The summed E-state index contributed by atoms with van der Waals surface area (Å²) in [4.78, 5) is 14.3. The van der Waals surface area contributed by atoms with E-state index in [1.54, 1.807) is 4.90 Å². The molecule has 3 atom stereocenters. The maximum atomic E-state index is 12.7. The van der Waals surface area contributed by atoms with Gasteiger partial charge in [0.25, 0.3) is 0 Å². The van der Waals surface area contributed by atoms with Crippen LogP contribution in [0.5, 0.6) is 0 Å². The van der Waals surface area contributed by atoms with Gasteiger partial charge >= 0.3 is 6.09 Å². The fourth-order valence-corrected chi connectivity index (χ4v) is 3.24. The number of hydrogen-bond acceptors (Lipinski definition) is 5. The maximum Gasteiger partial charge on any atom is 0.412 e. The van der Waals surface area contributed by atoms with E-state index in [0.29, 0.717) is 19.8 Å². The van der Waals surface area contributed by atoms with Crippen molar-refractivity contribution in [2.24, 2.45) is 0 Å². The predicted octanol–water partition coefficient (Wildman–Crippen LogP) is 3.34. The van der Waals surface area contributed by atoms with Gasteiger partial charge in [0.1, 0.15) is 23.5 Å². The van der Waals surface area contributed by atoms with Gasteiger partial charge in [-0.25, -0.2) is 4.79 Å². The second-order valence-corrected chi connectivity index (χ2v) is 8.32. The van der Waals surface area contributed by atoms with Gasteiger partial charge in [-0.3, -0.25) is 4.90 Å². The van der Waals surface area contributed by atoms with Crippen LogP contribution >= 0.6 is 0 Å². The topological polar surface area (TPSA) is 60.5 Å². The Labute approximate surface area is 155 Å². The van der Waals surface area contributed by atoms with Gasteiger partial charge in [0.15, 0.2) is 0 Å². The van der Waals surface area contributed by atoms with Crippen LogP contribution in [-0.2, 0) is 25.6 Å². The molecule has 2 fully saturated rings. The van der Waals surface area contributed by atoms with E-state index in [-0.39, 0.29) is 24.3 Å². The summed E-state index contributed by atoms with van der Waals surface area (Å²) < 4.78 is 22.9. The van der Waals surface area contributed by atoms with Gasteiger partial charge in [-0.15, -0.1) is 0 Å². The van der Waals surface area contributed by atoms with Crippen molar-refractivity contribution in [3.05, 3.63) is 35.9 Å². The normalized spacial score (nSPS) is 27.4. The number of benzene rings is 1. The molecule has 0 bridgehead atoms. The predicted molar refractivity (Wildman–Crippen MR) is 96.7 cm³/mol. The number of rotatable bonds is 5. The summed E-state index contributed by atoms with van der Waals surface area (Å²) >= 11 is 0. The Morgan fingerprint density at radius 1 is 1.27 bits per heavy atom. The zero-order valence-corrected chi connectivity index (χ0v) is 16.2. The van der Waals surface area contributed by atoms with Crippen molar-refractivity contribution in [3.8, 4) is 0 Å². The summed E-state index contributed by atoms with van der Waals surface area (Å²) in [5, 5.41) is 0. The molecular weight excluding hydrogens is 334 g/mol. The summed E-state index contributed by atoms with van der Waals surface area (Å²) in [7, 11) is 0. The largest absolute Gasteiger partial charge is 0.444 e. The van der Waals surface area contributed by atoms with Crippen LogP contribution in [-0.4, -0.2) is 53.8 Å². The summed E-state index contributed by atoms with van der Waals surface area (Å²) in [6.45, 7) is 10.8. The van der Waals surface area contributed by atoms with E-state index in [0.717, 1.165) is 5.56 Å². The van der Waals surface area contributed by atoms with Crippen molar-refractivity contribution in [3.63, 3.8) is 0 Å². The lowest BCUT2D eigenvalue weighted by atomic mass is 10.1. The van der Waals surface area contributed by atoms with Crippen molar-refractivity contribution < 1.29 is 23.7 Å². The molecule has 144 valence electrons. The van der Waals surface area contributed by atoms with Crippen LogP contribution in [0, 0.1) is 0 Å². The molecular formula is C20H29NO5. The lowest BCUT2D eigenvalue weighted by molar-refractivity contribution is -0.0632. The summed E-state index contributed by atoms with van der Waals surface area (Å²) in [5.41, 5.74) is -0.137. The highest BCUT2D eigenvalue weighted by Gasteiger charge is 2.56. The molecule has 0 spiro atoms. The SMILES string of the molecule is CC(C)(C)OC(=O)N1[C@H]([C@@H]2O[C@H]2COCc2ccccc2)COC1(C)C. The van der Waals surface area contributed by atoms with Crippen LogP contribution in [0.1, 0.15) is 40.2 Å². The van der Waals surface area contributed by atoms with Gasteiger partial charge in [-0.2, -0.15) is 0 Å². The summed E-state index contributed by atoms with van der Waals surface area (Å²) in [5.74, 6) is 0. The molecule has 6 heteroatoms. The fourth-order valence-electron chi connectivity index (χ4n) is 3.24. The minimum Gasteiger partial charge on any atom is -0.444 e. The van der Waals surface area contributed by atoms with Gasteiger partial charge in [0, 0.05) is 0 Å². The molecule has 2 aliphatic heterocycles. The standard InChI is InChI=1S/C20H29NO5/c1-19(2,3)26-18(22)21-15(12-24-20(21,4)5)17-16(25-17)13-23-11-14-9-7-6-8-10-14/h6-10,15-17H,11-13H2,1-5H3/t15-,16-,17-/m0/s1. The molecule has 0 N–H and O–H groups in total. The highest BCUT2D eigenvalue weighted by atomic mass is 16.6. The molecule has 0 saturated carbocycles. The zero-order chi connectivity index (χ0) is 18.9. The molecule has 0 radical (unpaired) electrons. The van der Waals surface area contributed by atoms with E-state index < -0.39 is 11.3 Å². The molecule has 1 amide bonds. The number of epoxide rings is 1. The molecule has 3 rings (SSSR count). The Bertz CT molecular complexity index is 625. The number of amides is 1. The van der Waals surface area contributed by atoms with E-state index >= 15 is 0 Å². The first-order chi connectivity index (χ1) is 12.2. The number of carbonyl (C=O) groups excluding carboxylic acids is 1. The molecule has 0 aromatic heterocycles. The molecule has 1 aromatic carbocycles. The molecule has 0 unspecified atom stereocenters. The van der Waals surface area contributed by atoms with Crippen LogP contribution in [0.3, 0.4) is 0 Å². The van der Waals surface area contributed by atoms with E-state index in [1.807, 2.05) is 65.0 Å². The van der Waals surface area contributed by atoms with Gasteiger partial charge < -0.3 is 18.9 Å². The second kappa shape index (κ2) is 7.18. The Balaban J connectivity index is 1.54. The van der Waals surface area contributed by atoms with Crippen LogP contribution in [0.2, 0.25) is 0 Å². The Morgan fingerprint density at radius 2 is 1.96 bits per heavy atom. The van der Waals surface area contributed by atoms with Crippen molar-refractivity contribution in [2.45, 2.75) is 70.8 Å². The minimum absolute atomic E-state index is 0.0221. The van der Waals surface area contributed by atoms with Crippen molar-refractivity contribution in [1.82, 2.24) is 4.90 Å². The first-order valence-electron chi connectivity index (χ1n) is 9.11. The van der Waals surface area contributed by atoms with Crippen LogP contribution in [0.4, 0.5) is 4.79 Å². The third-order valence-corrected chi connectivity index (χ3v) is 4.50. The second-order valence-electron chi connectivity index (χ2n) is 8.32. The first kappa shape index (κ1) is 19.1. The van der Waals surface area contributed by atoms with Gasteiger partial charge in [0.2, 0.25) is 0 Å². The smallest absolute Gasteiger partial charge is 0.412 e. The summed E-state index contributed by atoms with van der Waals surface area (Å²) in [6.07, 6.45) is -0.476. The average molecular weight is 363 g/mol. The van der Waals surface area contributed by atoms with Crippen LogP contribution in [0.15, 0.2) is 30.3 Å². The van der Waals surface area contributed by atoms with E-state index in [9.17, 15) is 4.79 Å². The molecule has 6 nitrogen and oxygen atoms in total. The molecule has 26 heavy (non-hydrogen) atoms. The van der Waals surface area contributed by atoms with E-state index in [4.69, 9.17) is 18.9 Å². The van der Waals surface area contributed by atoms with Crippen LogP contribution in [0.25, 0.3) is 0 Å². The molecule has 1 aromatic rings. The summed E-state index contributed by atoms with van der Waals surface area (Å²) in [6, 6.07) is 9.87. The Kier molecular flexibility index (Phi) is 5.28. The number of carbonyl (C=O) groups is 1. The molecule has 2 aliphatic rings. The number of ether oxygens (including phenoxy) is 4. The first-order valence-corrected chi connectivity index (χ1v) is 9.11. The zero-order valence-electron chi connectivity index (χ0n) is 16.2. The quantitative estimate of drug-likeness (QED) is 0.751. The van der Waals surface area contributed by atoms with Crippen LogP contribution < -0.4 is 0 Å². The monoisotopic (exact) mass is 363 g/mol.